The van der Waals surface area contributed by atoms with Crippen LogP contribution in [-0.4, -0.2) is 39.3 Å². The van der Waals surface area contributed by atoms with Crippen molar-refractivity contribution in [3.63, 3.8) is 0 Å². The number of carbonyl (C=O) groups is 1. The van der Waals surface area contributed by atoms with E-state index in [0.29, 0.717) is 6.42 Å². The fourth-order valence-corrected chi connectivity index (χ4v) is 9.90. The molecule has 3 saturated carbocycles. The number of hydrogen-bond acceptors (Lipinski definition) is 6. The Bertz CT molecular complexity index is 1140. The molecule has 35 heavy (non-hydrogen) atoms. The minimum absolute atomic E-state index is 0.137. The summed E-state index contributed by atoms with van der Waals surface area (Å²) in [6.45, 7) is 6.12. The quantitative estimate of drug-likeness (QED) is 0.354. The SMILES string of the molecule is COC(=O)[C@@]1(C)CCC[C@]2(C)[C@H]3CC[C@@]4(CO)C=C[C@]3(CC[C@H]21)[C@H]4OS(=O)(=O)c1ccc(C)cc1. The molecular formula is C28H38O6S. The highest BCUT2D eigenvalue weighted by molar-refractivity contribution is 7.86. The Morgan fingerprint density at radius 3 is 2.37 bits per heavy atom. The molecule has 7 heteroatoms. The second kappa shape index (κ2) is 8.15. The Hall–Kier alpha value is -1.70. The zero-order chi connectivity index (χ0) is 25.3. The normalized spacial score (nSPS) is 42.3. The van der Waals surface area contributed by atoms with Crippen LogP contribution in [0, 0.1) is 40.4 Å². The largest absolute Gasteiger partial charge is 0.469 e. The summed E-state index contributed by atoms with van der Waals surface area (Å²) in [6, 6.07) is 6.72. The van der Waals surface area contributed by atoms with Crippen LogP contribution in [0.4, 0.5) is 0 Å². The lowest BCUT2D eigenvalue weighted by atomic mass is 9.39. The van der Waals surface area contributed by atoms with Crippen molar-refractivity contribution in [2.45, 2.75) is 76.7 Å². The number of aliphatic hydroxyl groups excluding tert-OH is 1. The smallest absolute Gasteiger partial charge is 0.311 e. The number of esters is 1. The van der Waals surface area contributed by atoms with Gasteiger partial charge in [-0.3, -0.25) is 8.98 Å². The first-order valence-electron chi connectivity index (χ1n) is 12.9. The molecule has 0 aromatic heterocycles. The second-order valence-corrected chi connectivity index (χ2v) is 13.6. The number of methoxy groups -OCH3 is 1. The highest BCUT2D eigenvalue weighted by Crippen LogP contribution is 2.72. The van der Waals surface area contributed by atoms with Gasteiger partial charge in [0.2, 0.25) is 0 Å². The molecule has 4 aliphatic rings. The summed E-state index contributed by atoms with van der Waals surface area (Å²) in [4.78, 5) is 13.1. The van der Waals surface area contributed by atoms with Gasteiger partial charge in [0.1, 0.15) is 0 Å². The van der Waals surface area contributed by atoms with Gasteiger partial charge in [0.05, 0.1) is 30.1 Å². The molecule has 1 spiro atoms. The Morgan fingerprint density at radius 2 is 1.71 bits per heavy atom. The van der Waals surface area contributed by atoms with Gasteiger partial charge >= 0.3 is 5.97 Å². The van der Waals surface area contributed by atoms with Gasteiger partial charge < -0.3 is 9.84 Å². The van der Waals surface area contributed by atoms with Gasteiger partial charge in [-0.2, -0.15) is 8.42 Å². The van der Waals surface area contributed by atoms with Gasteiger partial charge in [-0.1, -0.05) is 43.2 Å². The van der Waals surface area contributed by atoms with Gasteiger partial charge in [-0.25, -0.2) is 0 Å². The molecule has 0 amide bonds. The molecule has 0 heterocycles. The van der Waals surface area contributed by atoms with E-state index in [-0.39, 0.29) is 34.7 Å². The zero-order valence-corrected chi connectivity index (χ0v) is 22.1. The summed E-state index contributed by atoms with van der Waals surface area (Å²) < 4.78 is 38.3. The highest BCUT2D eigenvalue weighted by Gasteiger charge is 2.70. The minimum Gasteiger partial charge on any atom is -0.469 e. The van der Waals surface area contributed by atoms with Crippen molar-refractivity contribution in [3.05, 3.63) is 42.0 Å². The van der Waals surface area contributed by atoms with Crippen LogP contribution in [0.15, 0.2) is 41.3 Å². The third kappa shape index (κ3) is 3.41. The fraction of sp³-hybridized carbons (Fsp3) is 0.679. The van der Waals surface area contributed by atoms with Crippen molar-refractivity contribution in [1.29, 1.82) is 0 Å². The molecule has 2 bridgehead atoms. The maximum atomic E-state index is 13.5. The van der Waals surface area contributed by atoms with E-state index in [1.54, 1.807) is 24.3 Å². The second-order valence-electron chi connectivity index (χ2n) is 12.0. The van der Waals surface area contributed by atoms with Crippen molar-refractivity contribution in [2.75, 3.05) is 13.7 Å². The number of benzene rings is 1. The molecule has 5 rings (SSSR count). The van der Waals surface area contributed by atoms with Gasteiger partial charge in [-0.05, 0) is 81.8 Å². The molecule has 6 nitrogen and oxygen atoms in total. The van der Waals surface area contributed by atoms with Gasteiger partial charge in [0, 0.05) is 10.8 Å². The Kier molecular flexibility index (Phi) is 5.82. The predicted octanol–water partition coefficient (Wildman–Crippen LogP) is 4.79. The maximum Gasteiger partial charge on any atom is 0.311 e. The number of ether oxygens (including phenoxy) is 1. The highest BCUT2D eigenvalue weighted by atomic mass is 32.2. The van der Waals surface area contributed by atoms with Crippen LogP contribution in [-0.2, 0) is 23.8 Å². The van der Waals surface area contributed by atoms with Crippen LogP contribution >= 0.6 is 0 Å². The molecule has 0 saturated heterocycles. The lowest BCUT2D eigenvalue weighted by Gasteiger charge is -2.65. The van der Waals surface area contributed by atoms with Gasteiger partial charge in [-0.15, -0.1) is 0 Å². The van der Waals surface area contributed by atoms with E-state index in [1.807, 2.05) is 13.0 Å². The van der Waals surface area contributed by atoms with Crippen LogP contribution < -0.4 is 0 Å². The molecule has 0 radical (unpaired) electrons. The summed E-state index contributed by atoms with van der Waals surface area (Å²) in [5.74, 6) is 0.188. The first-order chi connectivity index (χ1) is 16.5. The van der Waals surface area contributed by atoms with E-state index in [1.165, 1.54) is 7.11 Å². The number of carbonyl (C=O) groups excluding carboxylic acids is 1. The van der Waals surface area contributed by atoms with Crippen LogP contribution in [0.3, 0.4) is 0 Å². The third-order valence-electron chi connectivity index (χ3n) is 10.4. The van der Waals surface area contributed by atoms with Crippen LogP contribution in [0.5, 0.6) is 0 Å². The van der Waals surface area contributed by atoms with E-state index in [9.17, 15) is 18.3 Å². The molecule has 4 aliphatic carbocycles. The van der Waals surface area contributed by atoms with Gasteiger partial charge in [0.15, 0.2) is 0 Å². The van der Waals surface area contributed by atoms with Gasteiger partial charge in [0.25, 0.3) is 10.1 Å². The average Bonchev–Trinajstić information content (AvgIpc) is 2.99. The summed E-state index contributed by atoms with van der Waals surface area (Å²) in [5.41, 5.74) is -0.908. The summed E-state index contributed by atoms with van der Waals surface area (Å²) in [7, 11) is -2.55. The number of hydrogen-bond donors (Lipinski definition) is 1. The summed E-state index contributed by atoms with van der Waals surface area (Å²) in [6.07, 6.45) is 9.37. The standard InChI is InChI=1S/C28H38O6S/c1-19-6-8-20(9-7-19)35(31,32)34-23-27(18-29)14-10-22-25(2)12-5-13-26(3,24(30)33-4)21(25)11-15-28(22,23)17-16-27/h6-9,16-17,21-23,29H,5,10-15,18H2,1-4H3/t21-,22-,23+,25+,26+,27+,28+/m1/s1. The van der Waals surface area contributed by atoms with Crippen molar-refractivity contribution in [2.24, 2.45) is 33.5 Å². The number of aliphatic hydroxyl groups is 1. The van der Waals surface area contributed by atoms with E-state index < -0.39 is 32.5 Å². The van der Waals surface area contributed by atoms with Crippen LogP contribution in [0.2, 0.25) is 0 Å². The molecular weight excluding hydrogens is 464 g/mol. The van der Waals surface area contributed by atoms with Crippen molar-refractivity contribution in [3.8, 4) is 0 Å². The van der Waals surface area contributed by atoms with E-state index >= 15 is 0 Å². The molecule has 7 atom stereocenters. The first-order valence-corrected chi connectivity index (χ1v) is 14.3. The van der Waals surface area contributed by atoms with Crippen LogP contribution in [0.1, 0.15) is 64.4 Å². The van der Waals surface area contributed by atoms with E-state index in [4.69, 9.17) is 8.92 Å². The maximum absolute atomic E-state index is 13.5. The molecule has 0 unspecified atom stereocenters. The Balaban J connectivity index is 1.55. The minimum atomic E-state index is -4.02. The Labute approximate surface area is 209 Å². The zero-order valence-electron chi connectivity index (χ0n) is 21.2. The Morgan fingerprint density at radius 1 is 1.03 bits per heavy atom. The molecule has 1 aromatic rings. The molecule has 1 N–H and O–H groups in total. The third-order valence-corrected chi connectivity index (χ3v) is 11.7. The predicted molar refractivity (Wildman–Crippen MR) is 132 cm³/mol. The van der Waals surface area contributed by atoms with E-state index in [2.05, 4.69) is 19.9 Å². The summed E-state index contributed by atoms with van der Waals surface area (Å²) >= 11 is 0. The lowest BCUT2D eigenvalue weighted by Crippen LogP contribution is -2.64. The number of rotatable bonds is 5. The topological polar surface area (TPSA) is 89.9 Å². The van der Waals surface area contributed by atoms with Crippen molar-refractivity contribution >= 4 is 16.1 Å². The van der Waals surface area contributed by atoms with E-state index in [0.717, 1.165) is 44.1 Å². The monoisotopic (exact) mass is 502 g/mol. The van der Waals surface area contributed by atoms with Crippen molar-refractivity contribution in [1.82, 2.24) is 0 Å². The average molecular weight is 503 g/mol. The number of fused-ring (bicyclic) bond motifs is 3. The van der Waals surface area contributed by atoms with Crippen molar-refractivity contribution < 1.29 is 27.2 Å². The first kappa shape index (κ1) is 25.0. The molecule has 3 fully saturated rings. The molecule has 0 aliphatic heterocycles. The fourth-order valence-electron chi connectivity index (χ4n) is 8.70. The molecule has 1 aromatic carbocycles. The summed E-state index contributed by atoms with van der Waals surface area (Å²) in [5, 5.41) is 10.5. The number of aryl methyl sites for hydroxylation is 1. The lowest BCUT2D eigenvalue weighted by molar-refractivity contribution is -0.199. The van der Waals surface area contributed by atoms with Crippen LogP contribution in [0.25, 0.3) is 0 Å². The molecule has 192 valence electrons.